The number of aliphatic imine (C=N–C) groups is 1. The summed E-state index contributed by atoms with van der Waals surface area (Å²) >= 11 is 11.7. The van der Waals surface area contributed by atoms with Gasteiger partial charge in [-0.2, -0.15) is 0 Å². The van der Waals surface area contributed by atoms with E-state index in [0.29, 0.717) is 34.9 Å². The summed E-state index contributed by atoms with van der Waals surface area (Å²) in [6.45, 7) is 7.16. The molecule has 0 bridgehead atoms. The molecule has 4 N–H and O–H groups in total. The van der Waals surface area contributed by atoms with Crippen molar-refractivity contribution in [3.05, 3.63) is 22.3 Å². The lowest BCUT2D eigenvalue weighted by atomic mass is 10.1. The molecule has 0 saturated heterocycles. The van der Waals surface area contributed by atoms with Gasteiger partial charge in [0.1, 0.15) is 5.82 Å². The van der Waals surface area contributed by atoms with Crippen LogP contribution in [0.15, 0.2) is 17.3 Å². The number of pyridine rings is 1. The van der Waals surface area contributed by atoms with Gasteiger partial charge in [-0.15, -0.1) is 24.0 Å². The molecular formula is C12H20Cl2IN5. The topological polar surface area (TPSA) is 75.3 Å². The van der Waals surface area contributed by atoms with Crippen LogP contribution >= 0.6 is 47.2 Å². The van der Waals surface area contributed by atoms with Crippen LogP contribution < -0.4 is 16.4 Å². The maximum atomic E-state index is 5.98. The zero-order valence-corrected chi connectivity index (χ0v) is 15.5. The van der Waals surface area contributed by atoms with Crippen molar-refractivity contribution in [2.24, 2.45) is 10.7 Å². The van der Waals surface area contributed by atoms with Crippen molar-refractivity contribution in [2.45, 2.75) is 26.3 Å². The molecule has 0 radical (unpaired) electrons. The van der Waals surface area contributed by atoms with Crippen LogP contribution in [0, 0.1) is 0 Å². The lowest BCUT2D eigenvalue weighted by molar-refractivity contribution is 0.508. The fraction of sp³-hybridized carbons (Fsp3) is 0.500. The summed E-state index contributed by atoms with van der Waals surface area (Å²) in [6.07, 6.45) is 1.54. The molecule has 20 heavy (non-hydrogen) atoms. The second-order valence-electron chi connectivity index (χ2n) is 5.05. The molecule has 0 unspecified atom stereocenters. The van der Waals surface area contributed by atoms with Crippen molar-refractivity contribution in [3.63, 3.8) is 0 Å². The fourth-order valence-corrected chi connectivity index (χ4v) is 1.77. The van der Waals surface area contributed by atoms with E-state index < -0.39 is 0 Å². The number of anilines is 1. The summed E-state index contributed by atoms with van der Waals surface area (Å²) in [7, 11) is 0. The minimum atomic E-state index is -0.0952. The molecule has 114 valence electrons. The van der Waals surface area contributed by atoms with Gasteiger partial charge in [0.2, 0.25) is 0 Å². The van der Waals surface area contributed by atoms with Crippen molar-refractivity contribution >= 4 is 59.0 Å². The van der Waals surface area contributed by atoms with Crippen LogP contribution in [0.2, 0.25) is 10.0 Å². The number of guanidine groups is 1. The number of rotatable bonds is 4. The minimum absolute atomic E-state index is 0. The van der Waals surface area contributed by atoms with E-state index in [-0.39, 0.29) is 29.5 Å². The molecule has 0 saturated carbocycles. The van der Waals surface area contributed by atoms with Gasteiger partial charge in [0.25, 0.3) is 0 Å². The van der Waals surface area contributed by atoms with Crippen LogP contribution in [0.1, 0.15) is 20.8 Å². The Morgan fingerprint density at radius 1 is 1.40 bits per heavy atom. The molecule has 0 aliphatic carbocycles. The lowest BCUT2D eigenvalue weighted by Crippen LogP contribution is -2.45. The maximum absolute atomic E-state index is 5.98. The van der Waals surface area contributed by atoms with Gasteiger partial charge in [0.05, 0.1) is 16.6 Å². The first-order chi connectivity index (χ1) is 8.78. The molecule has 0 amide bonds. The van der Waals surface area contributed by atoms with Crippen molar-refractivity contribution in [1.82, 2.24) is 10.3 Å². The van der Waals surface area contributed by atoms with E-state index >= 15 is 0 Å². The van der Waals surface area contributed by atoms with Crippen LogP contribution in [0.4, 0.5) is 5.82 Å². The van der Waals surface area contributed by atoms with Crippen LogP contribution in [0.5, 0.6) is 0 Å². The zero-order chi connectivity index (χ0) is 14.5. The number of halogens is 3. The van der Waals surface area contributed by atoms with E-state index in [4.69, 9.17) is 28.9 Å². The average Bonchev–Trinajstić information content (AvgIpc) is 2.24. The summed E-state index contributed by atoms with van der Waals surface area (Å²) in [5.74, 6) is 1.01. The van der Waals surface area contributed by atoms with Gasteiger partial charge in [-0.1, -0.05) is 23.2 Å². The molecule has 0 atom stereocenters. The Hall–Kier alpha value is -0.470. The molecule has 0 spiro atoms. The van der Waals surface area contributed by atoms with Gasteiger partial charge < -0.3 is 16.4 Å². The molecule has 1 aromatic heterocycles. The first kappa shape index (κ1) is 19.5. The van der Waals surface area contributed by atoms with Gasteiger partial charge in [0, 0.05) is 18.3 Å². The number of nitrogens with one attached hydrogen (secondary N) is 2. The molecule has 0 fully saturated rings. The normalized spacial score (nSPS) is 11.8. The van der Waals surface area contributed by atoms with Crippen molar-refractivity contribution in [3.8, 4) is 0 Å². The second-order valence-corrected chi connectivity index (χ2v) is 5.90. The highest BCUT2D eigenvalue weighted by atomic mass is 127. The van der Waals surface area contributed by atoms with Gasteiger partial charge >= 0.3 is 0 Å². The first-order valence-corrected chi connectivity index (χ1v) is 6.66. The van der Waals surface area contributed by atoms with Crippen LogP contribution in [0.25, 0.3) is 0 Å². The third kappa shape index (κ3) is 7.96. The highest BCUT2D eigenvalue weighted by Crippen LogP contribution is 2.21. The summed E-state index contributed by atoms with van der Waals surface area (Å²) < 4.78 is 0. The molecule has 1 rings (SSSR count). The molecule has 0 aliphatic rings. The maximum Gasteiger partial charge on any atom is 0.189 e. The van der Waals surface area contributed by atoms with E-state index in [0.717, 1.165) is 0 Å². The Bertz CT molecular complexity index is 460. The van der Waals surface area contributed by atoms with E-state index in [9.17, 15) is 0 Å². The Labute approximate surface area is 146 Å². The predicted molar refractivity (Wildman–Crippen MR) is 97.5 cm³/mol. The first-order valence-electron chi connectivity index (χ1n) is 5.91. The molecule has 0 aliphatic heterocycles. The van der Waals surface area contributed by atoms with Gasteiger partial charge in [-0.05, 0) is 26.8 Å². The van der Waals surface area contributed by atoms with Crippen LogP contribution in [0.3, 0.4) is 0 Å². The molecule has 1 heterocycles. The van der Waals surface area contributed by atoms with E-state index in [1.165, 1.54) is 6.20 Å². The lowest BCUT2D eigenvalue weighted by Gasteiger charge is -2.21. The number of hydrogen-bond donors (Lipinski definition) is 3. The smallest absolute Gasteiger partial charge is 0.189 e. The van der Waals surface area contributed by atoms with E-state index in [1.54, 1.807) is 6.07 Å². The van der Waals surface area contributed by atoms with Crippen LogP contribution in [-0.4, -0.2) is 29.6 Å². The molecule has 0 aromatic carbocycles. The Balaban J connectivity index is 0.00000361. The summed E-state index contributed by atoms with van der Waals surface area (Å²) in [6, 6.07) is 1.64. The zero-order valence-electron chi connectivity index (χ0n) is 11.7. The largest absolute Gasteiger partial charge is 0.370 e. The highest BCUT2D eigenvalue weighted by molar-refractivity contribution is 14.0. The van der Waals surface area contributed by atoms with Gasteiger partial charge in [-0.3, -0.25) is 4.99 Å². The molecular weight excluding hydrogens is 412 g/mol. The summed E-state index contributed by atoms with van der Waals surface area (Å²) in [4.78, 5) is 8.28. The molecule has 5 nitrogen and oxygen atoms in total. The van der Waals surface area contributed by atoms with Crippen LogP contribution in [-0.2, 0) is 0 Å². The number of nitrogens with two attached hydrogens (primary N) is 1. The Morgan fingerprint density at radius 3 is 2.60 bits per heavy atom. The van der Waals surface area contributed by atoms with E-state index in [2.05, 4.69) is 20.6 Å². The van der Waals surface area contributed by atoms with Crippen molar-refractivity contribution < 1.29 is 0 Å². The highest BCUT2D eigenvalue weighted by Gasteiger charge is 2.09. The molecule has 1 aromatic rings. The quantitative estimate of drug-likeness (QED) is 0.296. The third-order valence-corrected chi connectivity index (χ3v) is 2.49. The SMILES string of the molecule is CC(C)(C)NC(N)=NCCNc1ncc(Cl)cc1Cl.I. The molecule has 8 heteroatoms. The predicted octanol–water partition coefficient (Wildman–Crippen LogP) is 3.12. The summed E-state index contributed by atoms with van der Waals surface area (Å²) in [5, 5.41) is 7.13. The number of aromatic nitrogens is 1. The standard InChI is InChI=1S/C12H19Cl2N5.HI/c1-12(2,3)19-11(15)17-5-4-16-10-9(14)6-8(13)7-18-10;/h6-7H,4-5H2,1-3H3,(H,16,18)(H3,15,17,19);1H. The monoisotopic (exact) mass is 431 g/mol. The van der Waals surface area contributed by atoms with Crippen molar-refractivity contribution in [2.75, 3.05) is 18.4 Å². The Kier molecular flexibility index (Phi) is 8.53. The van der Waals surface area contributed by atoms with Crippen molar-refractivity contribution in [1.29, 1.82) is 0 Å². The van der Waals surface area contributed by atoms with E-state index in [1.807, 2.05) is 20.8 Å². The van der Waals surface area contributed by atoms with Gasteiger partial charge in [0.15, 0.2) is 5.96 Å². The number of hydrogen-bond acceptors (Lipinski definition) is 3. The van der Waals surface area contributed by atoms with Gasteiger partial charge in [-0.25, -0.2) is 4.98 Å². The Morgan fingerprint density at radius 2 is 2.05 bits per heavy atom. The average molecular weight is 432 g/mol. The third-order valence-electron chi connectivity index (χ3n) is 2.00. The fourth-order valence-electron chi connectivity index (χ4n) is 1.32. The second kappa shape index (κ2) is 8.74. The number of nitrogens with zero attached hydrogens (tertiary/aromatic N) is 2. The summed E-state index contributed by atoms with van der Waals surface area (Å²) in [5.41, 5.74) is 5.65. The minimum Gasteiger partial charge on any atom is -0.370 e.